The number of aromatic nitrogens is 5. The summed E-state index contributed by atoms with van der Waals surface area (Å²) in [6, 6.07) is 7.58. The summed E-state index contributed by atoms with van der Waals surface area (Å²) < 4.78 is 13.8. The maximum atomic E-state index is 12.7. The van der Waals surface area contributed by atoms with E-state index < -0.39 is 0 Å². The van der Waals surface area contributed by atoms with Crippen LogP contribution in [0.3, 0.4) is 0 Å². The lowest BCUT2D eigenvalue weighted by atomic mass is 10.00. The highest BCUT2D eigenvalue weighted by Crippen LogP contribution is 2.30. The van der Waals surface area contributed by atoms with Gasteiger partial charge in [-0.15, -0.1) is 10.2 Å². The number of aromatic amines is 1. The molecule has 0 spiro atoms. The molecule has 2 fully saturated rings. The van der Waals surface area contributed by atoms with Crippen molar-refractivity contribution >= 4 is 39.8 Å². The quantitative estimate of drug-likeness (QED) is 0.414. The average molecular weight is 481 g/mol. The number of furan rings is 1. The number of thioether (sulfide) groups is 1. The van der Waals surface area contributed by atoms with Crippen molar-refractivity contribution in [2.75, 3.05) is 24.6 Å². The largest absolute Gasteiger partial charge is 0.449 e. The fraction of sp³-hybridized carbons (Fsp3) is 0.500. The minimum atomic E-state index is -0.263. The van der Waals surface area contributed by atoms with E-state index in [0.29, 0.717) is 22.7 Å². The molecule has 3 aromatic heterocycles. The molecule has 1 unspecified atom stereocenters. The molecule has 1 aromatic carbocycles. The molecule has 6 rings (SSSR count). The third kappa shape index (κ3) is 4.09. The first-order chi connectivity index (χ1) is 16.7. The average Bonchev–Trinajstić information content (AvgIpc) is 3.58. The Morgan fingerprint density at radius 1 is 1.18 bits per heavy atom. The molecule has 0 saturated carbocycles. The zero-order valence-corrected chi connectivity index (χ0v) is 20.0. The number of ether oxygens (including phenoxy) is 1. The van der Waals surface area contributed by atoms with Crippen molar-refractivity contribution in [1.29, 1.82) is 0 Å². The first kappa shape index (κ1) is 21.7. The number of hydrogen-bond donors (Lipinski definition) is 1. The van der Waals surface area contributed by atoms with Crippen molar-refractivity contribution in [2.45, 2.75) is 56.2 Å². The molecular weight excluding hydrogens is 452 g/mol. The van der Waals surface area contributed by atoms with Crippen molar-refractivity contribution in [3.8, 4) is 0 Å². The van der Waals surface area contributed by atoms with Gasteiger partial charge in [0.2, 0.25) is 11.5 Å². The highest BCUT2D eigenvalue weighted by molar-refractivity contribution is 7.98. The molecule has 10 heteroatoms. The van der Waals surface area contributed by atoms with Gasteiger partial charge in [-0.05, 0) is 43.7 Å². The number of para-hydroxylation sites is 1. The van der Waals surface area contributed by atoms with Gasteiger partial charge in [-0.25, -0.2) is 4.98 Å². The molecule has 34 heavy (non-hydrogen) atoms. The van der Waals surface area contributed by atoms with Crippen LogP contribution in [0.5, 0.6) is 0 Å². The topological polar surface area (TPSA) is 102 Å². The number of hydrogen-bond acceptors (Lipinski definition) is 8. The number of fused-ring (bicyclic) bond motifs is 3. The zero-order chi connectivity index (χ0) is 23.1. The Hall–Kier alpha value is -2.85. The number of piperidine rings is 1. The van der Waals surface area contributed by atoms with Gasteiger partial charge in [0.15, 0.2) is 5.16 Å². The van der Waals surface area contributed by atoms with E-state index in [1.807, 2.05) is 24.3 Å². The van der Waals surface area contributed by atoms with Crippen LogP contribution >= 0.6 is 11.8 Å². The summed E-state index contributed by atoms with van der Waals surface area (Å²) in [6.07, 6.45) is 4.66. The fourth-order valence-electron chi connectivity index (χ4n) is 4.83. The molecule has 0 bridgehead atoms. The lowest BCUT2D eigenvalue weighted by Gasteiger charge is -2.31. The predicted octanol–water partition coefficient (Wildman–Crippen LogP) is 3.97. The third-order valence-electron chi connectivity index (χ3n) is 6.79. The number of rotatable bonds is 6. The normalized spacial score (nSPS) is 19.6. The smallest absolute Gasteiger partial charge is 0.294 e. The molecule has 0 amide bonds. The van der Waals surface area contributed by atoms with Gasteiger partial charge in [-0.1, -0.05) is 30.8 Å². The molecule has 1 N–H and O–H groups in total. The van der Waals surface area contributed by atoms with Gasteiger partial charge < -0.3 is 19.0 Å². The summed E-state index contributed by atoms with van der Waals surface area (Å²) in [5.41, 5.74) is 1.26. The molecule has 1 atom stereocenters. The standard InChI is InChI=1S/C24H28N6O3S/c1-15-8-10-29(11-9-15)23-27-28-24(30(23)13-16-5-4-12-32-16)34-14-19-25-20-17-6-2-3-7-18(17)33-21(20)22(31)26-19/h2-3,6-7,15-16H,4-5,8-14H2,1H3,(H,25,26,31). The van der Waals surface area contributed by atoms with Crippen LogP contribution in [0.2, 0.25) is 0 Å². The Bertz CT molecular complexity index is 1360. The van der Waals surface area contributed by atoms with Gasteiger partial charge >= 0.3 is 0 Å². The summed E-state index contributed by atoms with van der Waals surface area (Å²) in [5.74, 6) is 2.74. The van der Waals surface area contributed by atoms with Crippen LogP contribution in [0.15, 0.2) is 38.6 Å². The minimum Gasteiger partial charge on any atom is -0.449 e. The first-order valence-electron chi connectivity index (χ1n) is 12.0. The Balaban J connectivity index is 1.28. The molecule has 2 aliphatic rings. The minimum absolute atomic E-state index is 0.185. The van der Waals surface area contributed by atoms with E-state index in [-0.39, 0.29) is 17.2 Å². The predicted molar refractivity (Wildman–Crippen MR) is 131 cm³/mol. The Labute approximate surface area is 200 Å². The lowest BCUT2D eigenvalue weighted by molar-refractivity contribution is 0.0951. The van der Waals surface area contributed by atoms with Crippen molar-refractivity contribution in [2.24, 2.45) is 5.92 Å². The molecule has 2 saturated heterocycles. The van der Waals surface area contributed by atoms with E-state index in [2.05, 4.69) is 31.6 Å². The van der Waals surface area contributed by atoms with Crippen molar-refractivity contribution in [1.82, 2.24) is 24.7 Å². The number of H-pyrrole nitrogens is 1. The second kappa shape index (κ2) is 9.07. The number of benzene rings is 1. The van der Waals surface area contributed by atoms with E-state index in [1.165, 1.54) is 24.6 Å². The number of nitrogens with one attached hydrogen (secondary N) is 1. The number of anilines is 1. The number of nitrogens with zero attached hydrogens (tertiary/aromatic N) is 5. The summed E-state index contributed by atoms with van der Waals surface area (Å²) >= 11 is 1.54. The van der Waals surface area contributed by atoms with E-state index in [0.717, 1.165) is 61.5 Å². The molecule has 5 heterocycles. The Morgan fingerprint density at radius 3 is 2.85 bits per heavy atom. The van der Waals surface area contributed by atoms with Crippen LogP contribution in [0.25, 0.3) is 22.1 Å². The maximum Gasteiger partial charge on any atom is 0.294 e. The molecule has 9 nitrogen and oxygen atoms in total. The van der Waals surface area contributed by atoms with Crippen LogP contribution < -0.4 is 10.5 Å². The monoisotopic (exact) mass is 480 g/mol. The molecule has 4 aromatic rings. The molecule has 0 aliphatic carbocycles. The zero-order valence-electron chi connectivity index (χ0n) is 19.2. The first-order valence-corrected chi connectivity index (χ1v) is 13.0. The van der Waals surface area contributed by atoms with Gasteiger partial charge in [-0.2, -0.15) is 0 Å². The van der Waals surface area contributed by atoms with E-state index in [1.54, 1.807) is 0 Å². The molecule has 0 radical (unpaired) electrons. The van der Waals surface area contributed by atoms with Gasteiger partial charge in [0.05, 0.1) is 18.4 Å². The summed E-state index contributed by atoms with van der Waals surface area (Å²) in [7, 11) is 0. The maximum absolute atomic E-state index is 12.7. The van der Waals surface area contributed by atoms with E-state index in [4.69, 9.17) is 14.1 Å². The Kier molecular flexibility index (Phi) is 5.78. The second-order valence-electron chi connectivity index (χ2n) is 9.28. The summed E-state index contributed by atoms with van der Waals surface area (Å²) in [5, 5.41) is 10.8. The third-order valence-corrected chi connectivity index (χ3v) is 7.77. The van der Waals surface area contributed by atoms with Gasteiger partial charge in [0, 0.05) is 25.1 Å². The van der Waals surface area contributed by atoms with Crippen LogP contribution in [0.1, 0.15) is 38.4 Å². The Morgan fingerprint density at radius 2 is 2.03 bits per heavy atom. The van der Waals surface area contributed by atoms with Crippen molar-refractivity contribution in [3.05, 3.63) is 40.4 Å². The van der Waals surface area contributed by atoms with Crippen LogP contribution in [-0.4, -0.2) is 50.5 Å². The van der Waals surface area contributed by atoms with Crippen molar-refractivity contribution < 1.29 is 9.15 Å². The van der Waals surface area contributed by atoms with E-state index in [9.17, 15) is 4.79 Å². The van der Waals surface area contributed by atoms with Gasteiger partial charge in [0.1, 0.15) is 16.9 Å². The highest BCUT2D eigenvalue weighted by atomic mass is 32.2. The van der Waals surface area contributed by atoms with Crippen LogP contribution in [0, 0.1) is 5.92 Å². The van der Waals surface area contributed by atoms with E-state index >= 15 is 0 Å². The van der Waals surface area contributed by atoms with Crippen molar-refractivity contribution in [3.63, 3.8) is 0 Å². The van der Waals surface area contributed by atoms with Crippen LogP contribution in [-0.2, 0) is 17.0 Å². The van der Waals surface area contributed by atoms with Crippen LogP contribution in [0.4, 0.5) is 5.95 Å². The molecule has 2 aliphatic heterocycles. The molecule has 178 valence electrons. The fourth-order valence-corrected chi connectivity index (χ4v) is 5.64. The van der Waals surface area contributed by atoms with Gasteiger partial charge in [-0.3, -0.25) is 9.36 Å². The molecular formula is C24H28N6O3S. The summed E-state index contributed by atoms with van der Waals surface area (Å²) in [4.78, 5) is 22.6. The second-order valence-corrected chi connectivity index (χ2v) is 10.2. The highest BCUT2D eigenvalue weighted by Gasteiger charge is 2.26. The lowest BCUT2D eigenvalue weighted by Crippen LogP contribution is -2.35. The van der Waals surface area contributed by atoms with Gasteiger partial charge in [0.25, 0.3) is 5.56 Å². The summed E-state index contributed by atoms with van der Waals surface area (Å²) in [6.45, 7) is 5.86. The SMILES string of the molecule is CC1CCN(c2nnc(SCc3nc4c(oc5ccccc54)c(=O)[nH]3)n2CC2CCCO2)CC1.